The van der Waals surface area contributed by atoms with E-state index in [4.69, 9.17) is 0 Å². The van der Waals surface area contributed by atoms with Crippen molar-refractivity contribution >= 4 is 0 Å². The molecule has 0 unspecified atom stereocenters. The number of aryl methyl sites for hydroxylation is 1. The van der Waals surface area contributed by atoms with Gasteiger partial charge >= 0.3 is 0 Å². The molecule has 116 valence electrons. The van der Waals surface area contributed by atoms with Gasteiger partial charge in [-0.3, -0.25) is 9.88 Å². The van der Waals surface area contributed by atoms with Crippen LogP contribution in [0.4, 0.5) is 0 Å². The molecule has 0 aliphatic carbocycles. The van der Waals surface area contributed by atoms with Crippen molar-refractivity contribution in [3.05, 3.63) is 89.7 Å². The zero-order valence-electron chi connectivity index (χ0n) is 13.7. The van der Waals surface area contributed by atoms with Crippen LogP contribution in [-0.2, 0) is 13.1 Å². The van der Waals surface area contributed by atoms with E-state index in [2.05, 4.69) is 84.5 Å². The van der Waals surface area contributed by atoms with Gasteiger partial charge in [0.15, 0.2) is 0 Å². The quantitative estimate of drug-likeness (QED) is 0.680. The van der Waals surface area contributed by atoms with Crippen molar-refractivity contribution in [2.45, 2.75) is 20.0 Å². The average molecular weight is 302 g/mol. The molecule has 1 aromatic heterocycles. The summed E-state index contributed by atoms with van der Waals surface area (Å²) in [6.45, 7) is 4.02. The molecule has 0 fully saturated rings. The van der Waals surface area contributed by atoms with Crippen LogP contribution in [0.5, 0.6) is 0 Å². The highest BCUT2D eigenvalue weighted by atomic mass is 15.1. The number of pyridine rings is 1. The molecule has 0 saturated carbocycles. The van der Waals surface area contributed by atoms with Crippen molar-refractivity contribution in [2.75, 3.05) is 7.05 Å². The number of aromatic nitrogens is 1. The largest absolute Gasteiger partial charge is 0.298 e. The highest BCUT2D eigenvalue weighted by molar-refractivity contribution is 5.63. The lowest BCUT2D eigenvalue weighted by atomic mass is 10.0. The van der Waals surface area contributed by atoms with Crippen LogP contribution in [0.2, 0.25) is 0 Å². The Morgan fingerprint density at radius 1 is 0.783 bits per heavy atom. The van der Waals surface area contributed by atoms with Crippen LogP contribution >= 0.6 is 0 Å². The molecule has 0 aliphatic heterocycles. The monoisotopic (exact) mass is 302 g/mol. The molecule has 0 N–H and O–H groups in total. The van der Waals surface area contributed by atoms with E-state index < -0.39 is 0 Å². The molecule has 2 heteroatoms. The Balaban J connectivity index is 1.69. The number of benzene rings is 2. The second-order valence-corrected chi connectivity index (χ2v) is 6.09. The third-order valence-corrected chi connectivity index (χ3v) is 3.97. The van der Waals surface area contributed by atoms with E-state index in [1.807, 2.05) is 12.4 Å². The molecule has 1 heterocycles. The van der Waals surface area contributed by atoms with Crippen LogP contribution < -0.4 is 0 Å². The van der Waals surface area contributed by atoms with Crippen molar-refractivity contribution < 1.29 is 0 Å². The number of rotatable bonds is 5. The summed E-state index contributed by atoms with van der Waals surface area (Å²) in [6.07, 6.45) is 3.68. The fourth-order valence-corrected chi connectivity index (χ4v) is 2.77. The lowest BCUT2D eigenvalue weighted by Gasteiger charge is -2.17. The fraction of sp³-hybridized carbons (Fsp3) is 0.190. The second-order valence-electron chi connectivity index (χ2n) is 6.09. The molecule has 0 spiro atoms. The van der Waals surface area contributed by atoms with Gasteiger partial charge in [0.1, 0.15) is 0 Å². The Hall–Kier alpha value is -2.45. The van der Waals surface area contributed by atoms with Gasteiger partial charge in [-0.1, -0.05) is 48.0 Å². The summed E-state index contributed by atoms with van der Waals surface area (Å²) in [5, 5.41) is 0. The highest BCUT2D eigenvalue weighted by Gasteiger charge is 2.04. The Morgan fingerprint density at radius 3 is 2.22 bits per heavy atom. The van der Waals surface area contributed by atoms with E-state index in [-0.39, 0.29) is 0 Å². The van der Waals surface area contributed by atoms with Crippen molar-refractivity contribution in [3.63, 3.8) is 0 Å². The van der Waals surface area contributed by atoms with Crippen molar-refractivity contribution in [1.29, 1.82) is 0 Å². The first-order chi connectivity index (χ1) is 11.2. The van der Waals surface area contributed by atoms with Crippen LogP contribution in [-0.4, -0.2) is 16.9 Å². The molecule has 3 rings (SSSR count). The van der Waals surface area contributed by atoms with Gasteiger partial charge in [0.25, 0.3) is 0 Å². The summed E-state index contributed by atoms with van der Waals surface area (Å²) >= 11 is 0. The van der Waals surface area contributed by atoms with Gasteiger partial charge in [0.2, 0.25) is 0 Å². The van der Waals surface area contributed by atoms with Gasteiger partial charge in [-0.05, 0) is 54.4 Å². The van der Waals surface area contributed by atoms with Gasteiger partial charge in [0, 0.05) is 25.5 Å². The van der Waals surface area contributed by atoms with Gasteiger partial charge in [-0.25, -0.2) is 0 Å². The normalized spacial score (nSPS) is 10.9. The fourth-order valence-electron chi connectivity index (χ4n) is 2.77. The predicted molar refractivity (Wildman–Crippen MR) is 96.0 cm³/mol. The zero-order chi connectivity index (χ0) is 16.1. The average Bonchev–Trinajstić information content (AvgIpc) is 2.58. The lowest BCUT2D eigenvalue weighted by Crippen LogP contribution is -2.17. The first-order valence-corrected chi connectivity index (χ1v) is 7.94. The molecule has 0 atom stereocenters. The lowest BCUT2D eigenvalue weighted by molar-refractivity contribution is 0.319. The van der Waals surface area contributed by atoms with Gasteiger partial charge < -0.3 is 0 Å². The standard InChI is InChI=1S/C21H22N2/c1-17-6-8-18(9-7-17)15-23(2)16-19-4-3-5-21(14-19)20-10-12-22-13-11-20/h3-14H,15-16H2,1-2H3. The SMILES string of the molecule is Cc1ccc(CN(C)Cc2cccc(-c3ccncc3)c2)cc1. The topological polar surface area (TPSA) is 16.1 Å². The van der Waals surface area contributed by atoms with Crippen molar-refractivity contribution in [3.8, 4) is 11.1 Å². The first kappa shape index (κ1) is 15.4. The number of hydrogen-bond donors (Lipinski definition) is 0. The van der Waals surface area contributed by atoms with E-state index in [0.29, 0.717) is 0 Å². The van der Waals surface area contributed by atoms with Gasteiger partial charge in [0.05, 0.1) is 0 Å². The summed E-state index contributed by atoms with van der Waals surface area (Å²) in [5.74, 6) is 0. The summed E-state index contributed by atoms with van der Waals surface area (Å²) in [7, 11) is 2.17. The van der Waals surface area contributed by atoms with Crippen LogP contribution in [0.3, 0.4) is 0 Å². The summed E-state index contributed by atoms with van der Waals surface area (Å²) in [4.78, 5) is 6.43. The van der Waals surface area contributed by atoms with E-state index in [9.17, 15) is 0 Å². The Bertz CT molecular complexity index is 748. The predicted octanol–water partition coefficient (Wildman–Crippen LogP) is 4.69. The summed E-state index contributed by atoms with van der Waals surface area (Å²) in [5.41, 5.74) is 6.44. The summed E-state index contributed by atoms with van der Waals surface area (Å²) < 4.78 is 0. The minimum atomic E-state index is 0.937. The Labute approximate surface area is 138 Å². The van der Waals surface area contributed by atoms with Gasteiger partial charge in [-0.2, -0.15) is 0 Å². The van der Waals surface area contributed by atoms with Crippen LogP contribution in [0.15, 0.2) is 73.1 Å². The number of nitrogens with zero attached hydrogens (tertiary/aromatic N) is 2. The number of hydrogen-bond acceptors (Lipinski definition) is 2. The maximum Gasteiger partial charge on any atom is 0.0273 e. The molecule has 2 aromatic carbocycles. The van der Waals surface area contributed by atoms with Crippen LogP contribution in [0.25, 0.3) is 11.1 Å². The second kappa shape index (κ2) is 7.21. The molecular formula is C21H22N2. The Morgan fingerprint density at radius 2 is 1.48 bits per heavy atom. The molecule has 0 amide bonds. The molecule has 0 radical (unpaired) electrons. The maximum atomic E-state index is 4.09. The van der Waals surface area contributed by atoms with E-state index in [1.54, 1.807) is 0 Å². The van der Waals surface area contributed by atoms with E-state index >= 15 is 0 Å². The molecule has 0 aliphatic rings. The molecule has 2 nitrogen and oxygen atoms in total. The molecule has 3 aromatic rings. The molecule has 0 bridgehead atoms. The van der Waals surface area contributed by atoms with Gasteiger partial charge in [-0.15, -0.1) is 0 Å². The zero-order valence-corrected chi connectivity index (χ0v) is 13.7. The first-order valence-electron chi connectivity index (χ1n) is 7.94. The third-order valence-electron chi connectivity index (χ3n) is 3.97. The highest BCUT2D eigenvalue weighted by Crippen LogP contribution is 2.20. The summed E-state index contributed by atoms with van der Waals surface area (Å²) in [6, 6.07) is 21.6. The molecular weight excluding hydrogens is 280 g/mol. The van der Waals surface area contributed by atoms with Crippen LogP contribution in [0.1, 0.15) is 16.7 Å². The molecule has 0 saturated heterocycles. The third kappa shape index (κ3) is 4.27. The van der Waals surface area contributed by atoms with E-state index in [0.717, 1.165) is 13.1 Å². The van der Waals surface area contributed by atoms with E-state index in [1.165, 1.54) is 27.8 Å². The Kier molecular flexibility index (Phi) is 4.84. The molecule has 23 heavy (non-hydrogen) atoms. The minimum absolute atomic E-state index is 0.937. The van der Waals surface area contributed by atoms with Crippen molar-refractivity contribution in [1.82, 2.24) is 9.88 Å². The smallest absolute Gasteiger partial charge is 0.0273 e. The maximum absolute atomic E-state index is 4.09. The minimum Gasteiger partial charge on any atom is -0.298 e. The van der Waals surface area contributed by atoms with Crippen molar-refractivity contribution in [2.24, 2.45) is 0 Å². The van der Waals surface area contributed by atoms with Crippen LogP contribution in [0, 0.1) is 6.92 Å².